The maximum atomic E-state index is 13.3. The fraction of sp³-hybridized carbons (Fsp3) is 0.261. The molecule has 0 aromatic heterocycles. The summed E-state index contributed by atoms with van der Waals surface area (Å²) in [7, 11) is -4.03. The van der Waals surface area contributed by atoms with Crippen LogP contribution in [-0.2, 0) is 30.7 Å². The van der Waals surface area contributed by atoms with E-state index in [1.165, 1.54) is 12.3 Å². The molecule has 0 amide bonds. The number of carbonyl (C=O) groups is 1. The van der Waals surface area contributed by atoms with Gasteiger partial charge in [-0.25, -0.2) is 13.2 Å². The Hall–Kier alpha value is -3.26. The number of fused-ring (bicyclic) bond motifs is 1. The highest BCUT2D eigenvalue weighted by atomic mass is 32.2. The summed E-state index contributed by atoms with van der Waals surface area (Å²) in [6.45, 7) is 3.70. The van der Waals surface area contributed by atoms with Gasteiger partial charge in [-0.1, -0.05) is 62.4 Å². The third-order valence-corrected chi connectivity index (χ3v) is 6.84. The number of carboxylic acid groups (broad SMARTS) is 1. The monoisotopic (exact) mass is 441 g/mol. The van der Waals surface area contributed by atoms with Crippen LogP contribution in [0, 0.1) is 5.92 Å². The first-order valence-corrected chi connectivity index (χ1v) is 11.4. The molecule has 0 saturated carbocycles. The predicted octanol–water partition coefficient (Wildman–Crippen LogP) is 3.60. The Kier molecular flexibility index (Phi) is 5.49. The lowest BCUT2D eigenvalue weighted by atomic mass is 10.0. The SMILES string of the molecule is CC(C)CN1C(C(=O)O)=C(C2=COC(Cc3ccccc3)O2)c2ccccc2S1(=O)=O. The Morgan fingerprint density at radius 3 is 2.45 bits per heavy atom. The predicted molar refractivity (Wildman–Crippen MR) is 114 cm³/mol. The minimum absolute atomic E-state index is 0.0311. The number of carboxylic acids is 1. The first kappa shape index (κ1) is 21.0. The number of sulfonamides is 1. The molecule has 1 unspecified atom stereocenters. The Labute approximate surface area is 181 Å². The van der Waals surface area contributed by atoms with Gasteiger partial charge in [-0.15, -0.1) is 0 Å². The van der Waals surface area contributed by atoms with Crippen LogP contribution >= 0.6 is 0 Å². The number of ether oxygens (including phenoxy) is 2. The van der Waals surface area contributed by atoms with E-state index >= 15 is 0 Å². The van der Waals surface area contributed by atoms with Gasteiger partial charge >= 0.3 is 5.97 Å². The molecular weight excluding hydrogens is 418 g/mol. The normalized spacial score (nSPS) is 19.5. The van der Waals surface area contributed by atoms with E-state index in [9.17, 15) is 18.3 Å². The van der Waals surface area contributed by atoms with Crippen molar-refractivity contribution in [2.24, 2.45) is 5.92 Å². The van der Waals surface area contributed by atoms with Gasteiger partial charge in [0.15, 0.2) is 5.76 Å². The minimum atomic E-state index is -4.03. The van der Waals surface area contributed by atoms with Crippen molar-refractivity contribution < 1.29 is 27.8 Å². The van der Waals surface area contributed by atoms with Crippen LogP contribution in [0.5, 0.6) is 0 Å². The molecule has 8 heteroatoms. The number of benzene rings is 2. The van der Waals surface area contributed by atoms with Crippen molar-refractivity contribution in [3.05, 3.63) is 83.4 Å². The molecule has 0 bridgehead atoms. The number of allylic oxidation sites excluding steroid dienone is 1. The molecule has 2 aliphatic heterocycles. The van der Waals surface area contributed by atoms with Crippen molar-refractivity contribution >= 4 is 21.6 Å². The number of nitrogens with zero attached hydrogens (tertiary/aromatic N) is 1. The fourth-order valence-corrected chi connectivity index (χ4v) is 5.56. The van der Waals surface area contributed by atoms with Crippen LogP contribution in [0.1, 0.15) is 25.0 Å². The summed E-state index contributed by atoms with van der Waals surface area (Å²) in [5.41, 5.74) is 1.16. The molecule has 7 nitrogen and oxygen atoms in total. The molecule has 4 rings (SSSR count). The van der Waals surface area contributed by atoms with Crippen LogP contribution in [0.25, 0.3) is 5.57 Å². The zero-order valence-corrected chi connectivity index (χ0v) is 18.0. The molecule has 2 aromatic rings. The molecule has 1 N–H and O–H groups in total. The van der Waals surface area contributed by atoms with E-state index in [-0.39, 0.29) is 40.0 Å². The van der Waals surface area contributed by atoms with Crippen molar-refractivity contribution in [1.29, 1.82) is 0 Å². The van der Waals surface area contributed by atoms with Crippen molar-refractivity contribution in [3.8, 4) is 0 Å². The molecule has 31 heavy (non-hydrogen) atoms. The summed E-state index contributed by atoms with van der Waals surface area (Å²) in [6.07, 6.45) is 1.20. The summed E-state index contributed by atoms with van der Waals surface area (Å²) in [6, 6.07) is 16.0. The van der Waals surface area contributed by atoms with Gasteiger partial charge in [0.2, 0.25) is 6.29 Å². The van der Waals surface area contributed by atoms with Crippen LogP contribution in [0.4, 0.5) is 0 Å². The highest BCUT2D eigenvalue weighted by Gasteiger charge is 2.42. The summed E-state index contributed by atoms with van der Waals surface area (Å²) < 4.78 is 39.1. The molecular formula is C23H23NO6S. The van der Waals surface area contributed by atoms with Crippen LogP contribution in [0.3, 0.4) is 0 Å². The topological polar surface area (TPSA) is 93.1 Å². The zero-order chi connectivity index (χ0) is 22.2. The molecule has 2 heterocycles. The lowest BCUT2D eigenvalue weighted by Gasteiger charge is -2.33. The van der Waals surface area contributed by atoms with Gasteiger partial charge in [-0.05, 0) is 17.5 Å². The average Bonchev–Trinajstić information content (AvgIpc) is 3.18. The van der Waals surface area contributed by atoms with Gasteiger partial charge in [0.05, 0.1) is 10.5 Å². The van der Waals surface area contributed by atoms with Gasteiger partial charge in [0, 0.05) is 18.5 Å². The van der Waals surface area contributed by atoms with Crippen LogP contribution in [0.2, 0.25) is 0 Å². The van der Waals surface area contributed by atoms with Gasteiger partial charge < -0.3 is 14.6 Å². The number of hydrogen-bond acceptors (Lipinski definition) is 5. The van der Waals surface area contributed by atoms with E-state index in [1.807, 2.05) is 44.2 Å². The quantitative estimate of drug-likeness (QED) is 0.736. The standard InChI is InChI=1S/C23H23NO6S/c1-15(2)13-24-22(23(25)26)21(17-10-6-7-11-19(17)31(24,27)28)18-14-29-20(30-18)12-16-8-4-3-5-9-16/h3-11,14-15,20H,12-13H2,1-2H3,(H,25,26). The highest BCUT2D eigenvalue weighted by molar-refractivity contribution is 7.89. The second kappa shape index (κ2) is 8.11. The molecule has 0 radical (unpaired) electrons. The first-order valence-electron chi connectivity index (χ1n) is 9.95. The van der Waals surface area contributed by atoms with Crippen molar-refractivity contribution in [3.63, 3.8) is 0 Å². The highest BCUT2D eigenvalue weighted by Crippen LogP contribution is 2.42. The van der Waals surface area contributed by atoms with E-state index in [0.29, 0.717) is 6.42 Å². The van der Waals surface area contributed by atoms with Crippen molar-refractivity contribution in [2.75, 3.05) is 6.54 Å². The van der Waals surface area contributed by atoms with Gasteiger partial charge in [0.25, 0.3) is 10.0 Å². The van der Waals surface area contributed by atoms with Crippen LogP contribution in [-0.4, -0.2) is 36.6 Å². The Balaban J connectivity index is 1.79. The second-order valence-electron chi connectivity index (χ2n) is 7.81. The summed E-state index contributed by atoms with van der Waals surface area (Å²) in [5.74, 6) is -1.23. The molecule has 0 saturated heterocycles. The molecule has 162 valence electrons. The third kappa shape index (κ3) is 3.90. The smallest absolute Gasteiger partial charge is 0.353 e. The molecule has 1 atom stereocenters. The van der Waals surface area contributed by atoms with Crippen molar-refractivity contribution in [1.82, 2.24) is 4.31 Å². The van der Waals surface area contributed by atoms with Gasteiger partial charge in [-0.2, -0.15) is 0 Å². The Bertz CT molecular complexity index is 1170. The van der Waals surface area contributed by atoms with Gasteiger partial charge in [0.1, 0.15) is 12.0 Å². The van der Waals surface area contributed by atoms with Crippen molar-refractivity contribution in [2.45, 2.75) is 31.5 Å². The van der Waals surface area contributed by atoms with Crippen LogP contribution < -0.4 is 0 Å². The van der Waals surface area contributed by atoms with E-state index < -0.39 is 22.3 Å². The molecule has 2 aromatic carbocycles. The second-order valence-corrected chi connectivity index (χ2v) is 9.64. The first-order chi connectivity index (χ1) is 14.8. The third-order valence-electron chi connectivity index (χ3n) is 5.02. The number of rotatable bonds is 6. The summed E-state index contributed by atoms with van der Waals surface area (Å²) in [5, 5.41) is 10.0. The molecule has 2 aliphatic rings. The van der Waals surface area contributed by atoms with E-state index in [2.05, 4.69) is 0 Å². The summed E-state index contributed by atoms with van der Waals surface area (Å²) in [4.78, 5) is 12.3. The fourth-order valence-electron chi connectivity index (χ4n) is 3.72. The molecule has 0 aliphatic carbocycles. The minimum Gasteiger partial charge on any atom is -0.477 e. The van der Waals surface area contributed by atoms with E-state index in [1.54, 1.807) is 18.2 Å². The van der Waals surface area contributed by atoms with E-state index in [0.717, 1.165) is 9.87 Å². The van der Waals surface area contributed by atoms with E-state index in [4.69, 9.17) is 9.47 Å². The molecule has 0 spiro atoms. The summed E-state index contributed by atoms with van der Waals surface area (Å²) >= 11 is 0. The lowest BCUT2D eigenvalue weighted by Crippen LogP contribution is -2.40. The maximum Gasteiger partial charge on any atom is 0.353 e. The van der Waals surface area contributed by atoms with Crippen LogP contribution in [0.15, 0.2) is 77.2 Å². The van der Waals surface area contributed by atoms with Gasteiger partial charge in [-0.3, -0.25) is 4.31 Å². The number of hydrogen-bond donors (Lipinski definition) is 1. The Morgan fingerprint density at radius 1 is 1.10 bits per heavy atom. The maximum absolute atomic E-state index is 13.3. The zero-order valence-electron chi connectivity index (χ0n) is 17.2. The largest absolute Gasteiger partial charge is 0.477 e. The Morgan fingerprint density at radius 2 is 1.77 bits per heavy atom. The average molecular weight is 442 g/mol. The number of aliphatic carboxylic acids is 1. The lowest BCUT2D eigenvalue weighted by molar-refractivity contribution is -0.133. The molecule has 0 fully saturated rings.